The second-order valence-electron chi connectivity index (χ2n) is 4.88. The van der Waals surface area contributed by atoms with Crippen LogP contribution in [0.1, 0.15) is 24.8 Å². The zero-order chi connectivity index (χ0) is 13.8. The van der Waals surface area contributed by atoms with Crippen molar-refractivity contribution in [1.29, 1.82) is 0 Å². The number of alkyl halides is 1. The van der Waals surface area contributed by atoms with Crippen molar-refractivity contribution in [2.24, 2.45) is 0 Å². The number of amides is 1. The van der Waals surface area contributed by atoms with Crippen molar-refractivity contribution in [2.75, 3.05) is 13.1 Å². The maximum atomic E-state index is 13.0. The number of piperidine rings is 1. The molecular formula is C14H18ClFN2O. The van der Waals surface area contributed by atoms with Gasteiger partial charge in [-0.3, -0.25) is 4.79 Å². The van der Waals surface area contributed by atoms with Crippen LogP contribution in [-0.2, 0) is 4.79 Å². The lowest BCUT2D eigenvalue weighted by molar-refractivity contribution is -0.121. The second kappa shape index (κ2) is 6.35. The third kappa shape index (κ3) is 3.67. The minimum absolute atomic E-state index is 0.00656. The number of benzene rings is 1. The first-order valence-corrected chi connectivity index (χ1v) is 6.92. The van der Waals surface area contributed by atoms with Crippen LogP contribution in [0, 0.1) is 5.82 Å². The Morgan fingerprint density at radius 1 is 1.47 bits per heavy atom. The Morgan fingerprint density at radius 2 is 2.16 bits per heavy atom. The molecule has 1 aromatic carbocycles. The van der Waals surface area contributed by atoms with E-state index in [0.29, 0.717) is 6.54 Å². The molecule has 0 bridgehead atoms. The van der Waals surface area contributed by atoms with Crippen LogP contribution < -0.4 is 10.6 Å². The van der Waals surface area contributed by atoms with Crippen molar-refractivity contribution in [3.63, 3.8) is 0 Å². The Balaban J connectivity index is 2.11. The first kappa shape index (κ1) is 14.3. The number of carbonyl (C=O) groups excluding carboxylic acids is 1. The molecule has 0 saturated carbocycles. The quantitative estimate of drug-likeness (QED) is 0.834. The van der Waals surface area contributed by atoms with Gasteiger partial charge in [-0.2, -0.15) is 0 Å². The summed E-state index contributed by atoms with van der Waals surface area (Å²) in [6, 6.07) is 6.48. The Bertz CT molecular complexity index is 436. The molecule has 5 heteroatoms. The van der Waals surface area contributed by atoms with Crippen LogP contribution in [0.2, 0.25) is 0 Å². The molecule has 3 unspecified atom stereocenters. The van der Waals surface area contributed by atoms with Gasteiger partial charge in [0.1, 0.15) is 11.2 Å². The maximum Gasteiger partial charge on any atom is 0.238 e. The first-order valence-electron chi connectivity index (χ1n) is 6.48. The molecule has 0 radical (unpaired) electrons. The van der Waals surface area contributed by atoms with Gasteiger partial charge in [0.25, 0.3) is 0 Å². The summed E-state index contributed by atoms with van der Waals surface area (Å²) >= 11 is 5.78. The highest BCUT2D eigenvalue weighted by molar-refractivity contribution is 6.30. The number of hydrogen-bond donors (Lipinski definition) is 2. The summed E-state index contributed by atoms with van der Waals surface area (Å²) in [7, 11) is 0. The maximum absolute atomic E-state index is 13.0. The van der Waals surface area contributed by atoms with Gasteiger partial charge in [0.05, 0.1) is 0 Å². The fraction of sp³-hybridized carbons (Fsp3) is 0.500. The smallest absolute Gasteiger partial charge is 0.238 e. The molecule has 19 heavy (non-hydrogen) atoms. The van der Waals surface area contributed by atoms with E-state index in [9.17, 15) is 9.18 Å². The topological polar surface area (TPSA) is 41.1 Å². The van der Waals surface area contributed by atoms with Gasteiger partial charge in [-0.05, 0) is 37.6 Å². The summed E-state index contributed by atoms with van der Waals surface area (Å²) in [6.45, 7) is 3.25. The predicted octanol–water partition coefficient (Wildman–Crippen LogP) is 2.01. The molecule has 1 amide bonds. The molecule has 3 atom stereocenters. The zero-order valence-electron chi connectivity index (χ0n) is 10.8. The summed E-state index contributed by atoms with van der Waals surface area (Å²) < 4.78 is 13.0. The highest BCUT2D eigenvalue weighted by Gasteiger charge is 2.28. The number of rotatable bonds is 3. The van der Waals surface area contributed by atoms with Crippen LogP contribution in [0.25, 0.3) is 0 Å². The van der Waals surface area contributed by atoms with Gasteiger partial charge in [0.2, 0.25) is 5.91 Å². The Labute approximate surface area is 117 Å². The fourth-order valence-electron chi connectivity index (χ4n) is 2.42. The minimum atomic E-state index is -0.546. The molecule has 1 heterocycles. The highest BCUT2D eigenvalue weighted by atomic mass is 35.5. The molecule has 1 aromatic rings. The van der Waals surface area contributed by atoms with E-state index in [1.807, 2.05) is 0 Å². The average molecular weight is 285 g/mol. The number of nitrogens with one attached hydrogen (secondary N) is 2. The van der Waals surface area contributed by atoms with Crippen LogP contribution >= 0.6 is 11.6 Å². The summed E-state index contributed by atoms with van der Waals surface area (Å²) in [4.78, 5) is 11.7. The molecule has 0 spiro atoms. The minimum Gasteiger partial charge on any atom is -0.350 e. The molecule has 2 rings (SSSR count). The van der Waals surface area contributed by atoms with Gasteiger partial charge < -0.3 is 10.6 Å². The van der Waals surface area contributed by atoms with Crippen molar-refractivity contribution < 1.29 is 9.18 Å². The molecule has 1 fully saturated rings. The van der Waals surface area contributed by atoms with E-state index in [2.05, 4.69) is 10.6 Å². The summed E-state index contributed by atoms with van der Waals surface area (Å²) in [6.07, 6.45) is 0.910. The lowest BCUT2D eigenvalue weighted by Gasteiger charge is -2.33. The summed E-state index contributed by atoms with van der Waals surface area (Å²) in [5.74, 6) is -0.212. The summed E-state index contributed by atoms with van der Waals surface area (Å²) in [5, 5.41) is 5.67. The average Bonchev–Trinajstić information content (AvgIpc) is 2.40. The SMILES string of the molecule is CC(Cl)C(=O)NC1CNCCC1c1ccc(F)cc1. The highest BCUT2D eigenvalue weighted by Crippen LogP contribution is 2.26. The molecule has 0 aliphatic carbocycles. The van der Waals surface area contributed by atoms with E-state index in [0.717, 1.165) is 18.5 Å². The number of halogens is 2. The van der Waals surface area contributed by atoms with Crippen molar-refractivity contribution >= 4 is 17.5 Å². The molecule has 3 nitrogen and oxygen atoms in total. The van der Waals surface area contributed by atoms with Crippen LogP contribution in [0.15, 0.2) is 24.3 Å². The lowest BCUT2D eigenvalue weighted by atomic mass is 9.86. The van der Waals surface area contributed by atoms with Crippen LogP contribution in [0.5, 0.6) is 0 Å². The van der Waals surface area contributed by atoms with E-state index in [-0.39, 0.29) is 23.7 Å². The molecule has 104 valence electrons. The molecule has 1 aliphatic heterocycles. The van der Waals surface area contributed by atoms with E-state index in [1.165, 1.54) is 12.1 Å². The third-order valence-electron chi connectivity index (χ3n) is 3.47. The number of hydrogen-bond acceptors (Lipinski definition) is 2. The fourth-order valence-corrected chi connectivity index (χ4v) is 2.48. The van der Waals surface area contributed by atoms with Crippen molar-refractivity contribution in [2.45, 2.75) is 30.7 Å². The monoisotopic (exact) mass is 284 g/mol. The van der Waals surface area contributed by atoms with E-state index < -0.39 is 5.38 Å². The molecule has 0 aromatic heterocycles. The molecule has 1 aliphatic rings. The molecule has 2 N–H and O–H groups in total. The Morgan fingerprint density at radius 3 is 2.79 bits per heavy atom. The van der Waals surface area contributed by atoms with Gasteiger partial charge in [-0.15, -0.1) is 11.6 Å². The zero-order valence-corrected chi connectivity index (χ0v) is 11.6. The first-order chi connectivity index (χ1) is 9.08. The van der Waals surface area contributed by atoms with E-state index >= 15 is 0 Å². The summed E-state index contributed by atoms with van der Waals surface area (Å²) in [5.41, 5.74) is 1.05. The van der Waals surface area contributed by atoms with Crippen LogP contribution in [-0.4, -0.2) is 30.4 Å². The largest absolute Gasteiger partial charge is 0.350 e. The van der Waals surface area contributed by atoms with Crippen LogP contribution in [0.3, 0.4) is 0 Å². The van der Waals surface area contributed by atoms with Crippen LogP contribution in [0.4, 0.5) is 4.39 Å². The third-order valence-corrected chi connectivity index (χ3v) is 3.67. The standard InChI is InChI=1S/C14H18ClFN2O/c1-9(15)14(19)18-13-8-17-7-6-12(13)10-2-4-11(16)5-3-10/h2-5,9,12-13,17H,6-8H2,1H3,(H,18,19). The van der Waals surface area contributed by atoms with Crippen molar-refractivity contribution in [1.82, 2.24) is 10.6 Å². The van der Waals surface area contributed by atoms with Gasteiger partial charge in [0.15, 0.2) is 0 Å². The van der Waals surface area contributed by atoms with Gasteiger partial charge in [0, 0.05) is 18.5 Å². The molecular weight excluding hydrogens is 267 g/mol. The van der Waals surface area contributed by atoms with Crippen molar-refractivity contribution in [3.8, 4) is 0 Å². The van der Waals surface area contributed by atoms with Gasteiger partial charge in [-0.1, -0.05) is 12.1 Å². The van der Waals surface area contributed by atoms with Crippen molar-refractivity contribution in [3.05, 3.63) is 35.6 Å². The lowest BCUT2D eigenvalue weighted by Crippen LogP contribution is -2.51. The van der Waals surface area contributed by atoms with Gasteiger partial charge >= 0.3 is 0 Å². The van der Waals surface area contributed by atoms with Gasteiger partial charge in [-0.25, -0.2) is 4.39 Å². The second-order valence-corrected chi connectivity index (χ2v) is 5.54. The molecule has 1 saturated heterocycles. The Hall–Kier alpha value is -1.13. The predicted molar refractivity (Wildman–Crippen MR) is 73.9 cm³/mol. The van der Waals surface area contributed by atoms with E-state index in [4.69, 9.17) is 11.6 Å². The Kier molecular flexibility index (Phi) is 4.77. The number of carbonyl (C=O) groups is 1. The van der Waals surface area contributed by atoms with E-state index in [1.54, 1.807) is 19.1 Å². The normalized spacial score (nSPS) is 24.8.